The number of fused-ring (bicyclic) bond motifs is 1. The van der Waals surface area contributed by atoms with Gasteiger partial charge in [-0.05, 0) is 73.8 Å². The van der Waals surface area contributed by atoms with Crippen LogP contribution in [0.2, 0.25) is 0 Å². The van der Waals surface area contributed by atoms with Gasteiger partial charge >= 0.3 is 0 Å². The Labute approximate surface area is 159 Å². The standard InChI is InChI=1S/C24H34O2/c1-4-5-8-17(2)24-13-6-9-19(22(24)10-7-14-24)11-12-20-15-21(25)16-23(26)18(20)3/h11-12,17,21-23,25-26H,3,6-10,13-16H2,1-2H3/b19-11+,20-12-/t17-,21-,22+,23+,24+/m1/s1. The fourth-order valence-corrected chi connectivity index (χ4v) is 5.71. The number of aliphatic hydroxyl groups is 2. The molecule has 0 unspecified atom stereocenters. The Morgan fingerprint density at radius 2 is 2.04 bits per heavy atom. The minimum absolute atomic E-state index is 0.411. The SMILES string of the molecule is C=C1/C(=C\C=C2/CCC[C@@]3([C@H](C)CC#CC)CCC[C@@H]23)C[C@@H](O)C[C@@H]1O. The van der Waals surface area contributed by atoms with Crippen LogP contribution in [0, 0.1) is 29.1 Å². The summed E-state index contributed by atoms with van der Waals surface area (Å²) in [5.41, 5.74) is 3.80. The lowest BCUT2D eigenvalue weighted by molar-refractivity contribution is 0.0862. The molecular formula is C24H34O2. The van der Waals surface area contributed by atoms with Crippen molar-refractivity contribution in [2.45, 2.75) is 83.8 Å². The van der Waals surface area contributed by atoms with Gasteiger partial charge in [-0.15, -0.1) is 11.8 Å². The van der Waals surface area contributed by atoms with Crippen LogP contribution in [0.4, 0.5) is 0 Å². The summed E-state index contributed by atoms with van der Waals surface area (Å²) in [6.07, 6.45) is 13.1. The van der Waals surface area contributed by atoms with Crippen LogP contribution in [0.25, 0.3) is 0 Å². The van der Waals surface area contributed by atoms with Gasteiger partial charge in [-0.2, -0.15) is 0 Å². The summed E-state index contributed by atoms with van der Waals surface area (Å²) >= 11 is 0. The van der Waals surface area contributed by atoms with Crippen molar-refractivity contribution in [2.24, 2.45) is 17.3 Å². The molecule has 0 heterocycles. The minimum Gasteiger partial charge on any atom is -0.393 e. The average Bonchev–Trinajstić information content (AvgIpc) is 3.07. The van der Waals surface area contributed by atoms with E-state index in [2.05, 4.69) is 37.5 Å². The molecule has 0 aromatic carbocycles. The average molecular weight is 355 g/mol. The van der Waals surface area contributed by atoms with E-state index < -0.39 is 12.2 Å². The predicted octanol–water partition coefficient (Wildman–Crippen LogP) is 4.93. The van der Waals surface area contributed by atoms with E-state index in [0.717, 1.165) is 17.6 Å². The molecule has 26 heavy (non-hydrogen) atoms. The largest absolute Gasteiger partial charge is 0.393 e. The van der Waals surface area contributed by atoms with Gasteiger partial charge in [0, 0.05) is 12.8 Å². The Morgan fingerprint density at radius 1 is 1.27 bits per heavy atom. The molecule has 2 nitrogen and oxygen atoms in total. The highest BCUT2D eigenvalue weighted by molar-refractivity contribution is 5.38. The van der Waals surface area contributed by atoms with Crippen LogP contribution < -0.4 is 0 Å². The zero-order valence-electron chi connectivity index (χ0n) is 16.4. The molecule has 3 aliphatic rings. The Kier molecular flexibility index (Phi) is 6.10. The molecule has 0 bridgehead atoms. The van der Waals surface area contributed by atoms with Gasteiger partial charge in [0.2, 0.25) is 0 Å². The quantitative estimate of drug-likeness (QED) is 0.706. The van der Waals surface area contributed by atoms with Gasteiger partial charge in [0.25, 0.3) is 0 Å². The Hall–Kier alpha value is -1.30. The lowest BCUT2D eigenvalue weighted by atomic mass is 9.59. The number of hydrogen-bond acceptors (Lipinski definition) is 2. The van der Waals surface area contributed by atoms with Crippen molar-refractivity contribution in [1.82, 2.24) is 0 Å². The zero-order valence-corrected chi connectivity index (χ0v) is 16.4. The Bertz CT molecular complexity index is 659. The maximum Gasteiger partial charge on any atom is 0.0811 e. The van der Waals surface area contributed by atoms with Crippen molar-refractivity contribution >= 4 is 0 Å². The second-order valence-electron chi connectivity index (χ2n) is 8.63. The van der Waals surface area contributed by atoms with E-state index in [0.29, 0.717) is 30.1 Å². The minimum atomic E-state index is -0.604. The maximum atomic E-state index is 10.1. The molecule has 0 amide bonds. The molecule has 0 radical (unpaired) electrons. The number of allylic oxidation sites excluding steroid dienone is 3. The van der Waals surface area contributed by atoms with Crippen molar-refractivity contribution in [3.05, 3.63) is 35.5 Å². The van der Waals surface area contributed by atoms with Crippen LogP contribution in [-0.2, 0) is 0 Å². The highest BCUT2D eigenvalue weighted by Crippen LogP contribution is 2.59. The second kappa shape index (κ2) is 8.15. The van der Waals surface area contributed by atoms with Gasteiger partial charge in [-0.25, -0.2) is 0 Å². The van der Waals surface area contributed by atoms with Crippen LogP contribution in [0.3, 0.4) is 0 Å². The van der Waals surface area contributed by atoms with Gasteiger partial charge in [0.05, 0.1) is 12.2 Å². The molecule has 142 valence electrons. The van der Waals surface area contributed by atoms with E-state index in [1.165, 1.54) is 38.5 Å². The third-order valence-corrected chi connectivity index (χ3v) is 7.21. The molecule has 3 fully saturated rings. The second-order valence-corrected chi connectivity index (χ2v) is 8.63. The van der Waals surface area contributed by atoms with Gasteiger partial charge in [0.1, 0.15) is 0 Å². The first kappa shape index (κ1) is 19.5. The molecular weight excluding hydrogens is 320 g/mol. The summed E-state index contributed by atoms with van der Waals surface area (Å²) in [6, 6.07) is 0. The number of hydrogen-bond donors (Lipinski definition) is 2. The van der Waals surface area contributed by atoms with E-state index in [1.54, 1.807) is 5.57 Å². The van der Waals surface area contributed by atoms with Crippen molar-refractivity contribution in [2.75, 3.05) is 0 Å². The summed E-state index contributed by atoms with van der Waals surface area (Å²) in [4.78, 5) is 0. The fraction of sp³-hybridized carbons (Fsp3) is 0.667. The highest BCUT2D eigenvalue weighted by atomic mass is 16.3. The Balaban J connectivity index is 1.83. The van der Waals surface area contributed by atoms with E-state index in [9.17, 15) is 10.2 Å². The molecule has 5 atom stereocenters. The lowest BCUT2D eigenvalue weighted by Gasteiger charge is -2.45. The van der Waals surface area contributed by atoms with Crippen LogP contribution in [0.5, 0.6) is 0 Å². The first-order valence-corrected chi connectivity index (χ1v) is 10.3. The van der Waals surface area contributed by atoms with Crippen molar-refractivity contribution in [3.63, 3.8) is 0 Å². The van der Waals surface area contributed by atoms with Crippen LogP contribution in [-0.4, -0.2) is 22.4 Å². The third-order valence-electron chi connectivity index (χ3n) is 7.21. The smallest absolute Gasteiger partial charge is 0.0811 e. The number of aliphatic hydroxyl groups excluding tert-OH is 2. The molecule has 0 spiro atoms. The molecule has 0 aromatic rings. The summed E-state index contributed by atoms with van der Waals surface area (Å²) in [5, 5.41) is 20.0. The Morgan fingerprint density at radius 3 is 2.81 bits per heavy atom. The van der Waals surface area contributed by atoms with Gasteiger partial charge in [-0.1, -0.05) is 37.6 Å². The fourth-order valence-electron chi connectivity index (χ4n) is 5.71. The van der Waals surface area contributed by atoms with E-state index in [4.69, 9.17) is 0 Å². The van der Waals surface area contributed by atoms with Crippen molar-refractivity contribution < 1.29 is 10.2 Å². The first-order chi connectivity index (χ1) is 12.5. The molecule has 3 aliphatic carbocycles. The van der Waals surface area contributed by atoms with Crippen molar-refractivity contribution in [1.29, 1.82) is 0 Å². The molecule has 3 rings (SSSR count). The normalized spacial score (nSPS) is 38.8. The van der Waals surface area contributed by atoms with Gasteiger partial charge in [0.15, 0.2) is 0 Å². The zero-order chi connectivity index (χ0) is 18.7. The van der Waals surface area contributed by atoms with E-state index >= 15 is 0 Å². The topological polar surface area (TPSA) is 40.5 Å². The number of rotatable bonds is 3. The predicted molar refractivity (Wildman–Crippen MR) is 107 cm³/mol. The third kappa shape index (κ3) is 3.71. The molecule has 2 heteroatoms. The van der Waals surface area contributed by atoms with Crippen LogP contribution >= 0.6 is 0 Å². The molecule has 0 aliphatic heterocycles. The van der Waals surface area contributed by atoms with E-state index in [-0.39, 0.29) is 0 Å². The van der Waals surface area contributed by atoms with E-state index in [1.807, 2.05) is 6.92 Å². The highest BCUT2D eigenvalue weighted by Gasteiger charge is 2.48. The van der Waals surface area contributed by atoms with Gasteiger partial charge < -0.3 is 10.2 Å². The summed E-state index contributed by atoms with van der Waals surface area (Å²) in [7, 11) is 0. The molecule has 2 N–H and O–H groups in total. The molecule has 0 aromatic heterocycles. The summed E-state index contributed by atoms with van der Waals surface area (Å²) in [6.45, 7) is 8.38. The lowest BCUT2D eigenvalue weighted by Crippen LogP contribution is -2.36. The van der Waals surface area contributed by atoms with Crippen LogP contribution in [0.1, 0.15) is 71.6 Å². The monoisotopic (exact) mass is 354 g/mol. The summed E-state index contributed by atoms with van der Waals surface area (Å²) in [5.74, 6) is 7.71. The maximum absolute atomic E-state index is 10.1. The summed E-state index contributed by atoms with van der Waals surface area (Å²) < 4.78 is 0. The van der Waals surface area contributed by atoms with Gasteiger partial charge in [-0.3, -0.25) is 0 Å². The van der Waals surface area contributed by atoms with Crippen LogP contribution in [0.15, 0.2) is 35.5 Å². The molecule has 0 saturated heterocycles. The first-order valence-electron chi connectivity index (χ1n) is 10.3. The van der Waals surface area contributed by atoms with Crippen molar-refractivity contribution in [3.8, 4) is 11.8 Å². The molecule has 3 saturated carbocycles.